The van der Waals surface area contributed by atoms with E-state index in [9.17, 15) is 18.0 Å². The molecule has 0 radical (unpaired) electrons. The fourth-order valence-electron chi connectivity index (χ4n) is 4.67. The number of rotatable bonds is 6. The molecule has 2 saturated heterocycles. The van der Waals surface area contributed by atoms with E-state index in [-0.39, 0.29) is 22.6 Å². The van der Waals surface area contributed by atoms with Gasteiger partial charge in [0.15, 0.2) is 0 Å². The monoisotopic (exact) mass is 485 g/mol. The smallest absolute Gasteiger partial charge is 0.247 e. The SMILES string of the molecule is COc1cccc(NC(=O)[C@H]2CCCN2C(=O)C2CCN(S(=O)(=O)c3ccc(C)cc3)CC2)c1. The van der Waals surface area contributed by atoms with Gasteiger partial charge in [0.2, 0.25) is 21.8 Å². The van der Waals surface area contributed by atoms with Crippen molar-refractivity contribution < 1.29 is 22.7 Å². The quantitative estimate of drug-likeness (QED) is 0.679. The van der Waals surface area contributed by atoms with Crippen molar-refractivity contribution >= 4 is 27.5 Å². The Labute approximate surface area is 200 Å². The van der Waals surface area contributed by atoms with Gasteiger partial charge in [0, 0.05) is 37.3 Å². The van der Waals surface area contributed by atoms with Crippen molar-refractivity contribution in [1.29, 1.82) is 0 Å². The van der Waals surface area contributed by atoms with E-state index in [1.165, 1.54) is 4.31 Å². The van der Waals surface area contributed by atoms with Crippen molar-refractivity contribution in [2.45, 2.75) is 43.5 Å². The third-order valence-corrected chi connectivity index (χ3v) is 8.55. The van der Waals surface area contributed by atoms with Crippen LogP contribution < -0.4 is 10.1 Å². The topological polar surface area (TPSA) is 96.0 Å². The molecule has 4 rings (SSSR count). The van der Waals surface area contributed by atoms with E-state index in [2.05, 4.69) is 5.32 Å². The summed E-state index contributed by atoms with van der Waals surface area (Å²) in [5.41, 5.74) is 1.62. The number of benzene rings is 2. The predicted molar refractivity (Wildman–Crippen MR) is 129 cm³/mol. The number of piperidine rings is 1. The van der Waals surface area contributed by atoms with Crippen LogP contribution in [0.5, 0.6) is 5.75 Å². The van der Waals surface area contributed by atoms with Crippen molar-refractivity contribution in [3.8, 4) is 5.75 Å². The van der Waals surface area contributed by atoms with Crippen molar-refractivity contribution in [2.24, 2.45) is 5.92 Å². The summed E-state index contributed by atoms with van der Waals surface area (Å²) >= 11 is 0. The van der Waals surface area contributed by atoms with Crippen LogP contribution in [0.2, 0.25) is 0 Å². The van der Waals surface area contributed by atoms with Gasteiger partial charge >= 0.3 is 0 Å². The van der Waals surface area contributed by atoms with Crippen molar-refractivity contribution in [1.82, 2.24) is 9.21 Å². The van der Waals surface area contributed by atoms with Gasteiger partial charge in [-0.2, -0.15) is 4.31 Å². The second-order valence-electron chi connectivity index (χ2n) is 8.90. The molecule has 2 aromatic rings. The van der Waals surface area contributed by atoms with E-state index in [1.807, 2.05) is 6.92 Å². The molecule has 34 heavy (non-hydrogen) atoms. The van der Waals surface area contributed by atoms with Gasteiger partial charge in [0.25, 0.3) is 0 Å². The first-order valence-corrected chi connectivity index (χ1v) is 13.1. The minimum Gasteiger partial charge on any atom is -0.497 e. The molecular formula is C25H31N3O5S. The number of sulfonamides is 1. The number of ether oxygens (including phenoxy) is 1. The zero-order valence-corrected chi connectivity index (χ0v) is 20.4. The lowest BCUT2D eigenvalue weighted by Crippen LogP contribution is -2.48. The summed E-state index contributed by atoms with van der Waals surface area (Å²) in [6.45, 7) is 3.04. The lowest BCUT2D eigenvalue weighted by atomic mass is 9.96. The Balaban J connectivity index is 1.37. The maximum atomic E-state index is 13.3. The molecule has 0 spiro atoms. The van der Waals surface area contributed by atoms with E-state index >= 15 is 0 Å². The standard InChI is InChI=1S/C25H31N3O5S/c1-18-8-10-22(11-9-18)34(31,32)27-15-12-19(13-16-27)25(30)28-14-4-7-23(28)24(29)26-20-5-3-6-21(17-20)33-2/h3,5-6,8-11,17,19,23H,4,7,12-16H2,1-2H3,(H,26,29)/t23-/m1/s1. The number of aryl methyl sites for hydroxylation is 1. The molecule has 2 amide bonds. The zero-order chi connectivity index (χ0) is 24.3. The average molecular weight is 486 g/mol. The average Bonchev–Trinajstić information content (AvgIpc) is 3.34. The molecule has 8 nitrogen and oxygen atoms in total. The van der Waals surface area contributed by atoms with Crippen LogP contribution in [0.3, 0.4) is 0 Å². The highest BCUT2D eigenvalue weighted by molar-refractivity contribution is 7.89. The molecule has 1 N–H and O–H groups in total. The fourth-order valence-corrected chi connectivity index (χ4v) is 6.14. The van der Waals surface area contributed by atoms with Crippen LogP contribution in [0.25, 0.3) is 0 Å². The van der Waals surface area contributed by atoms with Gasteiger partial charge in [0.1, 0.15) is 11.8 Å². The Hall–Kier alpha value is -2.91. The van der Waals surface area contributed by atoms with Crippen LogP contribution in [-0.4, -0.2) is 62.2 Å². The summed E-state index contributed by atoms with van der Waals surface area (Å²) in [7, 11) is -2.01. The molecule has 2 heterocycles. The van der Waals surface area contributed by atoms with Crippen LogP contribution in [0, 0.1) is 12.8 Å². The van der Waals surface area contributed by atoms with Gasteiger partial charge in [0.05, 0.1) is 12.0 Å². The summed E-state index contributed by atoms with van der Waals surface area (Å²) in [5, 5.41) is 2.90. The van der Waals surface area contributed by atoms with Crippen LogP contribution in [0.1, 0.15) is 31.2 Å². The minimum absolute atomic E-state index is 0.0596. The first-order valence-electron chi connectivity index (χ1n) is 11.6. The molecule has 2 aliphatic heterocycles. The summed E-state index contributed by atoms with van der Waals surface area (Å²) in [5.74, 6) is 0.0911. The maximum Gasteiger partial charge on any atom is 0.247 e. The Bertz CT molecular complexity index is 1140. The molecule has 0 aliphatic carbocycles. The number of likely N-dealkylation sites (tertiary alicyclic amines) is 1. The lowest BCUT2D eigenvalue weighted by molar-refractivity contribution is -0.141. The van der Waals surface area contributed by atoms with Gasteiger partial charge in [-0.25, -0.2) is 8.42 Å². The van der Waals surface area contributed by atoms with Gasteiger partial charge in [-0.3, -0.25) is 9.59 Å². The van der Waals surface area contributed by atoms with Crippen LogP contribution in [0.15, 0.2) is 53.4 Å². The molecule has 0 aromatic heterocycles. The summed E-state index contributed by atoms with van der Waals surface area (Å²) < 4.78 is 32.6. The van der Waals surface area contributed by atoms with Crippen LogP contribution in [-0.2, 0) is 19.6 Å². The number of carbonyl (C=O) groups excluding carboxylic acids is 2. The summed E-state index contributed by atoms with van der Waals surface area (Å²) in [6.07, 6.45) is 2.28. The third-order valence-electron chi connectivity index (χ3n) is 6.64. The van der Waals surface area contributed by atoms with E-state index in [0.29, 0.717) is 50.3 Å². The number of nitrogens with zero attached hydrogens (tertiary/aromatic N) is 2. The van der Waals surface area contributed by atoms with Gasteiger partial charge in [-0.05, 0) is 56.9 Å². The number of amides is 2. The van der Waals surface area contributed by atoms with Crippen LogP contribution >= 0.6 is 0 Å². The Morgan fingerprint density at radius 3 is 2.38 bits per heavy atom. The first kappa shape index (κ1) is 24.2. The van der Waals surface area contributed by atoms with E-state index in [4.69, 9.17) is 4.74 Å². The Morgan fingerprint density at radius 2 is 1.71 bits per heavy atom. The summed E-state index contributed by atoms with van der Waals surface area (Å²) in [6, 6.07) is 13.4. The number of nitrogens with one attached hydrogen (secondary N) is 1. The highest BCUT2D eigenvalue weighted by Crippen LogP contribution is 2.29. The Kier molecular flexibility index (Phi) is 7.23. The van der Waals surface area contributed by atoms with Crippen molar-refractivity contribution in [3.05, 3.63) is 54.1 Å². The molecule has 182 valence electrons. The highest BCUT2D eigenvalue weighted by Gasteiger charge is 2.39. The van der Waals surface area contributed by atoms with Crippen molar-refractivity contribution in [3.63, 3.8) is 0 Å². The molecule has 1 atom stereocenters. The maximum absolute atomic E-state index is 13.3. The zero-order valence-electron chi connectivity index (χ0n) is 19.6. The molecule has 0 saturated carbocycles. The first-order chi connectivity index (χ1) is 16.3. The second-order valence-corrected chi connectivity index (χ2v) is 10.8. The van der Waals surface area contributed by atoms with Gasteiger partial charge in [-0.1, -0.05) is 23.8 Å². The predicted octanol–water partition coefficient (Wildman–Crippen LogP) is 3.03. The van der Waals surface area contributed by atoms with Gasteiger partial charge < -0.3 is 15.0 Å². The lowest BCUT2D eigenvalue weighted by Gasteiger charge is -2.34. The van der Waals surface area contributed by atoms with E-state index in [0.717, 1.165) is 12.0 Å². The third kappa shape index (κ3) is 5.10. The molecule has 9 heteroatoms. The number of hydrogen-bond donors (Lipinski definition) is 1. The largest absolute Gasteiger partial charge is 0.497 e. The molecule has 2 aromatic carbocycles. The molecular weight excluding hydrogens is 454 g/mol. The van der Waals surface area contributed by atoms with Crippen molar-refractivity contribution in [2.75, 3.05) is 32.1 Å². The van der Waals surface area contributed by atoms with E-state index < -0.39 is 16.1 Å². The molecule has 0 unspecified atom stereocenters. The van der Waals surface area contributed by atoms with Crippen LogP contribution in [0.4, 0.5) is 5.69 Å². The minimum atomic E-state index is -3.58. The second kappa shape index (κ2) is 10.1. The summed E-state index contributed by atoms with van der Waals surface area (Å²) in [4.78, 5) is 28.2. The molecule has 2 aliphatic rings. The fraction of sp³-hybridized carbons (Fsp3) is 0.440. The Morgan fingerprint density at radius 1 is 1.00 bits per heavy atom. The van der Waals surface area contributed by atoms with Gasteiger partial charge in [-0.15, -0.1) is 0 Å². The normalized spacial score (nSPS) is 19.7. The molecule has 0 bridgehead atoms. The number of carbonyl (C=O) groups is 2. The van der Waals surface area contributed by atoms with E-state index in [1.54, 1.807) is 60.5 Å². The number of anilines is 1. The molecule has 2 fully saturated rings. The number of hydrogen-bond acceptors (Lipinski definition) is 5. The number of methoxy groups -OCH3 is 1. The highest BCUT2D eigenvalue weighted by atomic mass is 32.2.